The van der Waals surface area contributed by atoms with Gasteiger partial charge < -0.3 is 14.4 Å². The van der Waals surface area contributed by atoms with Gasteiger partial charge in [0, 0.05) is 50.2 Å². The number of hydrogen-bond donors (Lipinski definition) is 0. The number of nitrogens with zero attached hydrogens (tertiary/aromatic N) is 3. The summed E-state index contributed by atoms with van der Waals surface area (Å²) in [6, 6.07) is 8.87. The quantitative estimate of drug-likeness (QED) is 0.626. The summed E-state index contributed by atoms with van der Waals surface area (Å²) in [5.74, 6) is 1.57. The van der Waals surface area contributed by atoms with Crippen LogP contribution in [-0.2, 0) is 18.3 Å². The van der Waals surface area contributed by atoms with Crippen LogP contribution in [0.2, 0.25) is 0 Å². The van der Waals surface area contributed by atoms with Crippen LogP contribution < -0.4 is 0 Å². The van der Waals surface area contributed by atoms with Crippen LogP contribution in [0.5, 0.6) is 0 Å². The molecular weight excluding hydrogens is 358 g/mol. The molecule has 1 aliphatic rings. The molecule has 1 atom stereocenters. The van der Waals surface area contributed by atoms with Gasteiger partial charge in [0.25, 0.3) is 0 Å². The number of carbonyl (C=O) groups is 1. The fourth-order valence-corrected chi connectivity index (χ4v) is 5.18. The van der Waals surface area contributed by atoms with Crippen LogP contribution in [0, 0.1) is 11.8 Å². The van der Waals surface area contributed by atoms with Crippen molar-refractivity contribution in [2.45, 2.75) is 59.9 Å². The van der Waals surface area contributed by atoms with Gasteiger partial charge in [0.15, 0.2) is 0 Å². The Morgan fingerprint density at radius 3 is 2.41 bits per heavy atom. The Bertz CT molecular complexity index is 826. The van der Waals surface area contributed by atoms with Crippen LogP contribution in [0.3, 0.4) is 0 Å². The van der Waals surface area contributed by atoms with Crippen molar-refractivity contribution in [2.75, 3.05) is 26.2 Å². The van der Waals surface area contributed by atoms with E-state index in [4.69, 9.17) is 0 Å². The summed E-state index contributed by atoms with van der Waals surface area (Å²) in [6.07, 6.45) is 3.11. The molecule has 0 spiro atoms. The average molecular weight is 398 g/mol. The lowest BCUT2D eigenvalue weighted by molar-refractivity contribution is -0.132. The molecule has 2 aromatic rings. The number of benzene rings is 1. The standard InChI is InChI=1S/C25H39N3O/c1-18(2)16-27(17-19(3)4)14-9-12-24-25-22(13-15-28(24)20(5)29)21-10-7-8-11-23(21)26(25)6/h7-8,10-11,18-19,24H,9,12-17H2,1-6H3. The Labute approximate surface area is 176 Å². The molecule has 1 unspecified atom stereocenters. The van der Waals surface area contributed by atoms with Gasteiger partial charge in [-0.05, 0) is 49.3 Å². The minimum Gasteiger partial charge on any atom is -0.346 e. The SMILES string of the molecule is CC(=O)N1CCc2c(n(C)c3ccccc23)C1CCCN(CC(C)C)CC(C)C. The molecule has 29 heavy (non-hydrogen) atoms. The van der Waals surface area contributed by atoms with Gasteiger partial charge in [-0.3, -0.25) is 4.79 Å². The normalized spacial score (nSPS) is 17.0. The predicted molar refractivity (Wildman–Crippen MR) is 122 cm³/mol. The van der Waals surface area contributed by atoms with Crippen LogP contribution in [0.4, 0.5) is 0 Å². The Balaban J connectivity index is 1.82. The Morgan fingerprint density at radius 1 is 1.14 bits per heavy atom. The maximum absolute atomic E-state index is 12.4. The van der Waals surface area contributed by atoms with Gasteiger partial charge in [0.05, 0.1) is 6.04 Å². The molecule has 0 aliphatic carbocycles. The van der Waals surface area contributed by atoms with E-state index in [1.807, 2.05) is 0 Å². The molecule has 1 amide bonds. The second-order valence-electron chi connectivity index (χ2n) is 9.61. The molecule has 160 valence electrons. The molecule has 1 aliphatic heterocycles. The molecular formula is C25H39N3O. The monoisotopic (exact) mass is 397 g/mol. The lowest BCUT2D eigenvalue weighted by atomic mass is 9.94. The van der Waals surface area contributed by atoms with Crippen LogP contribution in [0.1, 0.15) is 64.8 Å². The summed E-state index contributed by atoms with van der Waals surface area (Å²) in [6.45, 7) is 15.2. The fraction of sp³-hybridized carbons (Fsp3) is 0.640. The molecule has 0 fully saturated rings. The number of fused-ring (bicyclic) bond motifs is 3. The predicted octanol–water partition coefficient (Wildman–Crippen LogP) is 5.02. The van der Waals surface area contributed by atoms with Crippen molar-refractivity contribution in [3.63, 3.8) is 0 Å². The number of carbonyl (C=O) groups excluding carboxylic acids is 1. The van der Waals surface area contributed by atoms with Crippen LogP contribution >= 0.6 is 0 Å². The number of amides is 1. The molecule has 0 radical (unpaired) electrons. The molecule has 0 bridgehead atoms. The molecule has 1 aromatic heterocycles. The molecule has 2 heterocycles. The van der Waals surface area contributed by atoms with Crippen molar-refractivity contribution in [3.05, 3.63) is 35.5 Å². The van der Waals surface area contributed by atoms with Gasteiger partial charge >= 0.3 is 0 Å². The van der Waals surface area contributed by atoms with Crippen molar-refractivity contribution in [1.29, 1.82) is 0 Å². The summed E-state index contributed by atoms with van der Waals surface area (Å²) >= 11 is 0. The molecule has 0 saturated carbocycles. The van der Waals surface area contributed by atoms with Gasteiger partial charge in [0.2, 0.25) is 5.91 Å². The number of aryl methyl sites for hydroxylation is 1. The van der Waals surface area contributed by atoms with E-state index in [-0.39, 0.29) is 11.9 Å². The number of aromatic nitrogens is 1. The Kier molecular flexibility index (Phi) is 7.05. The highest BCUT2D eigenvalue weighted by Crippen LogP contribution is 2.38. The number of para-hydroxylation sites is 1. The molecule has 4 nitrogen and oxygen atoms in total. The summed E-state index contributed by atoms with van der Waals surface area (Å²) in [5, 5.41) is 1.36. The second kappa shape index (κ2) is 9.34. The highest BCUT2D eigenvalue weighted by atomic mass is 16.2. The van der Waals surface area contributed by atoms with Crippen molar-refractivity contribution in [1.82, 2.24) is 14.4 Å². The molecule has 3 rings (SSSR count). The third-order valence-electron chi connectivity index (χ3n) is 6.16. The lowest BCUT2D eigenvalue weighted by Gasteiger charge is -2.37. The van der Waals surface area contributed by atoms with Crippen molar-refractivity contribution >= 4 is 16.8 Å². The fourth-order valence-electron chi connectivity index (χ4n) is 5.18. The minimum atomic E-state index is 0.189. The highest BCUT2D eigenvalue weighted by molar-refractivity contribution is 5.86. The van der Waals surface area contributed by atoms with E-state index < -0.39 is 0 Å². The summed E-state index contributed by atoms with van der Waals surface area (Å²) in [4.78, 5) is 17.2. The summed E-state index contributed by atoms with van der Waals surface area (Å²) in [7, 11) is 2.17. The minimum absolute atomic E-state index is 0.189. The number of hydrogen-bond acceptors (Lipinski definition) is 2. The second-order valence-corrected chi connectivity index (χ2v) is 9.61. The largest absolute Gasteiger partial charge is 0.346 e. The maximum Gasteiger partial charge on any atom is 0.220 e. The van der Waals surface area contributed by atoms with E-state index in [1.165, 1.54) is 22.2 Å². The van der Waals surface area contributed by atoms with E-state index in [2.05, 4.69) is 73.4 Å². The first-order valence-corrected chi connectivity index (χ1v) is 11.3. The van der Waals surface area contributed by atoms with Crippen molar-refractivity contribution < 1.29 is 4.79 Å². The summed E-state index contributed by atoms with van der Waals surface area (Å²) < 4.78 is 2.34. The highest BCUT2D eigenvalue weighted by Gasteiger charge is 2.33. The molecule has 0 saturated heterocycles. The third-order valence-corrected chi connectivity index (χ3v) is 6.16. The van der Waals surface area contributed by atoms with Gasteiger partial charge in [0.1, 0.15) is 0 Å². The van der Waals surface area contributed by atoms with Gasteiger partial charge in [-0.15, -0.1) is 0 Å². The maximum atomic E-state index is 12.4. The lowest BCUT2D eigenvalue weighted by Crippen LogP contribution is -2.40. The Hall–Kier alpha value is -1.81. The van der Waals surface area contributed by atoms with Gasteiger partial charge in [-0.2, -0.15) is 0 Å². The first kappa shape index (κ1) is 21.9. The zero-order chi connectivity index (χ0) is 21.1. The van der Waals surface area contributed by atoms with E-state index in [9.17, 15) is 4.79 Å². The molecule has 1 aromatic carbocycles. The van der Waals surface area contributed by atoms with Crippen LogP contribution in [0.15, 0.2) is 24.3 Å². The van der Waals surface area contributed by atoms with Crippen molar-refractivity contribution in [2.24, 2.45) is 18.9 Å². The first-order valence-electron chi connectivity index (χ1n) is 11.3. The van der Waals surface area contributed by atoms with Crippen LogP contribution in [0.25, 0.3) is 10.9 Å². The van der Waals surface area contributed by atoms with E-state index in [0.717, 1.165) is 45.4 Å². The first-order chi connectivity index (χ1) is 13.8. The third kappa shape index (κ3) is 4.85. The molecule has 0 N–H and O–H groups in total. The zero-order valence-corrected chi connectivity index (χ0v) is 19.2. The van der Waals surface area contributed by atoms with E-state index >= 15 is 0 Å². The van der Waals surface area contributed by atoms with Gasteiger partial charge in [-0.1, -0.05) is 45.9 Å². The van der Waals surface area contributed by atoms with Crippen molar-refractivity contribution in [3.8, 4) is 0 Å². The Morgan fingerprint density at radius 2 is 1.79 bits per heavy atom. The number of rotatable bonds is 8. The summed E-state index contributed by atoms with van der Waals surface area (Å²) in [5.41, 5.74) is 4.09. The smallest absolute Gasteiger partial charge is 0.220 e. The van der Waals surface area contributed by atoms with E-state index in [1.54, 1.807) is 6.92 Å². The zero-order valence-electron chi connectivity index (χ0n) is 19.2. The average Bonchev–Trinajstić information content (AvgIpc) is 2.94. The topological polar surface area (TPSA) is 28.5 Å². The van der Waals surface area contributed by atoms with Gasteiger partial charge in [-0.25, -0.2) is 0 Å². The van der Waals surface area contributed by atoms with E-state index in [0.29, 0.717) is 11.8 Å². The van der Waals surface area contributed by atoms with Crippen LogP contribution in [-0.4, -0.2) is 46.5 Å². The molecule has 4 heteroatoms.